The van der Waals surface area contributed by atoms with Gasteiger partial charge in [-0.15, -0.1) is 0 Å². The molecule has 0 amide bonds. The Kier molecular flexibility index (Phi) is 5.72. The first-order valence-corrected chi connectivity index (χ1v) is 11.2. The lowest BCUT2D eigenvalue weighted by Crippen LogP contribution is -2.19. The SMILES string of the molecule is CC(C)Oc1cccc(OC(C)C)c1-c1cccc2c1[P@](C(C)(C)C)CO2. The molecular formula is C23H31O3P. The van der Waals surface area contributed by atoms with E-state index in [0.29, 0.717) is 0 Å². The minimum Gasteiger partial charge on any atom is -0.490 e. The summed E-state index contributed by atoms with van der Waals surface area (Å²) in [5.74, 6) is 2.74. The number of ether oxygens (including phenoxy) is 3. The molecule has 0 saturated heterocycles. The summed E-state index contributed by atoms with van der Waals surface area (Å²) < 4.78 is 18.5. The molecule has 0 aromatic heterocycles. The molecule has 0 spiro atoms. The summed E-state index contributed by atoms with van der Waals surface area (Å²) in [6, 6.07) is 12.4. The highest BCUT2D eigenvalue weighted by Gasteiger charge is 2.36. The number of hydrogen-bond donors (Lipinski definition) is 0. The van der Waals surface area contributed by atoms with Gasteiger partial charge in [0.15, 0.2) is 0 Å². The summed E-state index contributed by atoms with van der Waals surface area (Å²) in [5, 5.41) is 1.50. The van der Waals surface area contributed by atoms with Crippen molar-refractivity contribution in [3.63, 3.8) is 0 Å². The van der Waals surface area contributed by atoms with Crippen molar-refractivity contribution in [2.75, 3.05) is 6.35 Å². The molecule has 0 aliphatic carbocycles. The van der Waals surface area contributed by atoms with Gasteiger partial charge in [0.2, 0.25) is 0 Å². The molecule has 3 nitrogen and oxygen atoms in total. The standard InChI is InChI=1S/C23H31O3P/c1-15(2)25-18-11-9-12-19(26-16(3)4)21(18)17-10-8-13-20-22(17)27(14-24-20)23(5,6)7/h8-13,15-16H,14H2,1-7H3/t27-/m1/s1. The molecule has 2 aromatic carbocycles. The molecule has 0 fully saturated rings. The molecule has 27 heavy (non-hydrogen) atoms. The number of fused-ring (bicyclic) bond motifs is 1. The van der Waals surface area contributed by atoms with Gasteiger partial charge in [-0.3, -0.25) is 0 Å². The fourth-order valence-electron chi connectivity index (χ4n) is 3.33. The van der Waals surface area contributed by atoms with Crippen molar-refractivity contribution in [1.29, 1.82) is 0 Å². The Hall–Kier alpha value is -1.73. The van der Waals surface area contributed by atoms with Gasteiger partial charge in [-0.05, 0) is 59.0 Å². The Morgan fingerprint density at radius 3 is 1.96 bits per heavy atom. The summed E-state index contributed by atoms with van der Waals surface area (Å²) >= 11 is 0. The third-order valence-electron chi connectivity index (χ3n) is 4.41. The second-order valence-electron chi connectivity index (χ2n) is 8.49. The molecule has 1 aliphatic rings. The molecule has 0 bridgehead atoms. The van der Waals surface area contributed by atoms with Crippen molar-refractivity contribution >= 4 is 13.2 Å². The highest BCUT2D eigenvalue weighted by Crippen LogP contribution is 2.57. The zero-order valence-corrected chi connectivity index (χ0v) is 18.4. The number of rotatable bonds is 5. The lowest BCUT2D eigenvalue weighted by molar-refractivity contribution is 0.231. The quantitative estimate of drug-likeness (QED) is 0.574. The maximum Gasteiger partial charge on any atom is 0.131 e. The lowest BCUT2D eigenvalue weighted by Gasteiger charge is -2.28. The van der Waals surface area contributed by atoms with Crippen LogP contribution in [0, 0.1) is 0 Å². The van der Waals surface area contributed by atoms with Crippen LogP contribution in [0.4, 0.5) is 0 Å². The van der Waals surface area contributed by atoms with Crippen LogP contribution in [-0.4, -0.2) is 23.7 Å². The highest BCUT2D eigenvalue weighted by molar-refractivity contribution is 7.67. The normalized spacial score (nSPS) is 16.4. The largest absolute Gasteiger partial charge is 0.490 e. The van der Waals surface area contributed by atoms with Crippen molar-refractivity contribution in [3.05, 3.63) is 36.4 Å². The molecule has 2 aromatic rings. The molecule has 4 heteroatoms. The lowest BCUT2D eigenvalue weighted by atomic mass is 10.0. The average Bonchev–Trinajstić information content (AvgIpc) is 2.98. The van der Waals surface area contributed by atoms with Crippen molar-refractivity contribution in [3.8, 4) is 28.4 Å². The smallest absolute Gasteiger partial charge is 0.131 e. The van der Waals surface area contributed by atoms with Crippen LogP contribution in [0.1, 0.15) is 48.5 Å². The van der Waals surface area contributed by atoms with Gasteiger partial charge in [-0.2, -0.15) is 0 Å². The third kappa shape index (κ3) is 4.24. The molecule has 146 valence electrons. The molecule has 3 rings (SSSR count). The van der Waals surface area contributed by atoms with Gasteiger partial charge >= 0.3 is 0 Å². The summed E-state index contributed by atoms with van der Waals surface area (Å²) in [6.45, 7) is 15.1. The van der Waals surface area contributed by atoms with Gasteiger partial charge in [0.1, 0.15) is 23.6 Å². The molecule has 1 aliphatic heterocycles. The highest BCUT2D eigenvalue weighted by atomic mass is 31.1. The number of hydrogen-bond acceptors (Lipinski definition) is 3. The predicted octanol–water partition coefficient (Wildman–Crippen LogP) is 6.18. The molecule has 1 atom stereocenters. The second kappa shape index (κ2) is 7.72. The number of benzene rings is 2. The van der Waals surface area contributed by atoms with Gasteiger partial charge in [0.25, 0.3) is 0 Å². The van der Waals surface area contributed by atoms with E-state index >= 15 is 0 Å². The Morgan fingerprint density at radius 2 is 1.44 bits per heavy atom. The van der Waals surface area contributed by atoms with Gasteiger partial charge in [-0.1, -0.05) is 39.0 Å². The van der Waals surface area contributed by atoms with E-state index in [1.165, 1.54) is 10.9 Å². The summed E-state index contributed by atoms with van der Waals surface area (Å²) in [7, 11) is -0.445. The van der Waals surface area contributed by atoms with Crippen molar-refractivity contribution in [1.82, 2.24) is 0 Å². The summed E-state index contributed by atoms with van der Waals surface area (Å²) in [6.07, 6.45) is 0.962. The first-order valence-electron chi connectivity index (χ1n) is 9.68. The van der Waals surface area contributed by atoms with Crippen LogP contribution in [0.3, 0.4) is 0 Å². The van der Waals surface area contributed by atoms with E-state index in [9.17, 15) is 0 Å². The predicted molar refractivity (Wildman–Crippen MR) is 115 cm³/mol. The first-order chi connectivity index (χ1) is 12.7. The van der Waals surface area contributed by atoms with E-state index < -0.39 is 7.92 Å². The second-order valence-corrected chi connectivity index (χ2v) is 11.4. The fourth-order valence-corrected chi connectivity index (χ4v) is 5.67. The molecule has 0 N–H and O–H groups in total. The van der Waals surface area contributed by atoms with Crippen molar-refractivity contribution in [2.45, 2.75) is 65.8 Å². The average molecular weight is 386 g/mol. The van der Waals surface area contributed by atoms with Crippen LogP contribution in [0.2, 0.25) is 0 Å². The van der Waals surface area contributed by atoms with Crippen LogP contribution >= 0.6 is 7.92 Å². The van der Waals surface area contributed by atoms with Gasteiger partial charge in [-0.25, -0.2) is 0 Å². The third-order valence-corrected chi connectivity index (χ3v) is 7.42. The Morgan fingerprint density at radius 1 is 0.889 bits per heavy atom. The minimum absolute atomic E-state index is 0.0928. The van der Waals surface area contributed by atoms with E-state index in [4.69, 9.17) is 14.2 Å². The first kappa shape index (κ1) is 20.0. The van der Waals surface area contributed by atoms with Crippen molar-refractivity contribution < 1.29 is 14.2 Å². The van der Waals surface area contributed by atoms with E-state index in [1.54, 1.807) is 0 Å². The van der Waals surface area contributed by atoms with E-state index in [-0.39, 0.29) is 17.4 Å². The Balaban J connectivity index is 2.24. The fraction of sp³-hybridized carbons (Fsp3) is 0.478. The Labute approximate surface area is 164 Å². The molecular weight excluding hydrogens is 355 g/mol. The molecule has 0 unspecified atom stereocenters. The monoisotopic (exact) mass is 386 g/mol. The van der Waals surface area contributed by atoms with Gasteiger partial charge < -0.3 is 14.2 Å². The summed E-state index contributed by atoms with van der Waals surface area (Å²) in [4.78, 5) is 0. The molecule has 1 heterocycles. The van der Waals surface area contributed by atoms with Crippen LogP contribution in [0.25, 0.3) is 11.1 Å². The van der Waals surface area contributed by atoms with E-state index in [0.717, 1.165) is 29.2 Å². The van der Waals surface area contributed by atoms with E-state index in [2.05, 4.69) is 66.7 Å². The van der Waals surface area contributed by atoms with E-state index in [1.807, 2.05) is 18.2 Å². The van der Waals surface area contributed by atoms with Crippen LogP contribution in [0.15, 0.2) is 36.4 Å². The van der Waals surface area contributed by atoms with Crippen LogP contribution in [-0.2, 0) is 0 Å². The molecule has 0 saturated carbocycles. The summed E-state index contributed by atoms with van der Waals surface area (Å²) in [5.41, 5.74) is 2.22. The maximum atomic E-state index is 6.19. The topological polar surface area (TPSA) is 27.7 Å². The maximum absolute atomic E-state index is 6.19. The minimum atomic E-state index is -0.445. The van der Waals surface area contributed by atoms with Crippen LogP contribution < -0.4 is 19.5 Å². The zero-order chi connectivity index (χ0) is 19.8. The molecule has 0 radical (unpaired) electrons. The Bertz CT molecular complexity index is 778. The zero-order valence-electron chi connectivity index (χ0n) is 17.5. The van der Waals surface area contributed by atoms with Crippen LogP contribution in [0.5, 0.6) is 17.2 Å². The van der Waals surface area contributed by atoms with Gasteiger partial charge in [0.05, 0.1) is 17.8 Å². The van der Waals surface area contributed by atoms with Gasteiger partial charge in [0, 0.05) is 10.9 Å². The van der Waals surface area contributed by atoms with Crippen molar-refractivity contribution in [2.24, 2.45) is 0 Å².